The Labute approximate surface area is 166 Å². The van der Waals surface area contributed by atoms with Crippen LogP contribution in [0.2, 0.25) is 0 Å². The zero-order valence-corrected chi connectivity index (χ0v) is 17.5. The van der Waals surface area contributed by atoms with Crippen LogP contribution < -0.4 is 15.4 Å². The number of aryl methyl sites for hydroxylation is 2. The van der Waals surface area contributed by atoms with Gasteiger partial charge in [-0.3, -0.25) is 0 Å². The molecular weight excluding hydrogens is 360 g/mol. The van der Waals surface area contributed by atoms with Gasteiger partial charge in [-0.05, 0) is 44.9 Å². The Morgan fingerprint density at radius 3 is 2.59 bits per heavy atom. The second kappa shape index (κ2) is 11.6. The SMILES string of the molecule is CCNC(=NCc1sc(C)nc1C)NCCCOCc1ccc(OC)cc1. The zero-order chi connectivity index (χ0) is 19.5. The third kappa shape index (κ3) is 7.56. The number of rotatable bonds is 10. The maximum absolute atomic E-state index is 5.74. The maximum atomic E-state index is 5.74. The average molecular weight is 391 g/mol. The number of hydrogen-bond donors (Lipinski definition) is 2. The lowest BCUT2D eigenvalue weighted by Crippen LogP contribution is -2.38. The van der Waals surface area contributed by atoms with Gasteiger partial charge in [0.15, 0.2) is 5.96 Å². The highest BCUT2D eigenvalue weighted by molar-refractivity contribution is 7.11. The fourth-order valence-corrected chi connectivity index (χ4v) is 3.37. The topological polar surface area (TPSA) is 67.8 Å². The summed E-state index contributed by atoms with van der Waals surface area (Å²) < 4.78 is 10.9. The van der Waals surface area contributed by atoms with Gasteiger partial charge in [0.05, 0.1) is 31.0 Å². The van der Waals surface area contributed by atoms with Crippen molar-refractivity contribution >= 4 is 17.3 Å². The van der Waals surface area contributed by atoms with Crippen LogP contribution in [-0.2, 0) is 17.9 Å². The molecule has 0 radical (unpaired) electrons. The molecule has 2 aromatic rings. The first-order valence-electron chi connectivity index (χ1n) is 9.28. The second-order valence-electron chi connectivity index (χ2n) is 6.12. The van der Waals surface area contributed by atoms with Crippen molar-refractivity contribution in [1.82, 2.24) is 15.6 Å². The van der Waals surface area contributed by atoms with Gasteiger partial charge in [-0.2, -0.15) is 0 Å². The Bertz CT molecular complexity index is 713. The van der Waals surface area contributed by atoms with Crippen molar-refractivity contribution in [2.75, 3.05) is 26.8 Å². The van der Waals surface area contributed by atoms with Crippen molar-refractivity contribution in [3.8, 4) is 5.75 Å². The van der Waals surface area contributed by atoms with Crippen molar-refractivity contribution in [3.63, 3.8) is 0 Å². The van der Waals surface area contributed by atoms with Crippen LogP contribution in [0.3, 0.4) is 0 Å². The minimum Gasteiger partial charge on any atom is -0.497 e. The number of methoxy groups -OCH3 is 1. The summed E-state index contributed by atoms with van der Waals surface area (Å²) >= 11 is 1.71. The number of aromatic nitrogens is 1. The van der Waals surface area contributed by atoms with Crippen LogP contribution in [0.15, 0.2) is 29.3 Å². The van der Waals surface area contributed by atoms with E-state index in [4.69, 9.17) is 9.47 Å². The summed E-state index contributed by atoms with van der Waals surface area (Å²) in [6.07, 6.45) is 0.916. The third-order valence-corrected chi connectivity index (χ3v) is 4.97. The monoisotopic (exact) mass is 390 g/mol. The van der Waals surface area contributed by atoms with E-state index in [9.17, 15) is 0 Å². The molecule has 0 aliphatic heterocycles. The highest BCUT2D eigenvalue weighted by Gasteiger charge is 2.04. The van der Waals surface area contributed by atoms with E-state index in [0.29, 0.717) is 19.8 Å². The molecule has 2 rings (SSSR count). The molecule has 1 aromatic carbocycles. The quantitative estimate of drug-likeness (QED) is 0.370. The van der Waals surface area contributed by atoms with E-state index in [-0.39, 0.29) is 0 Å². The zero-order valence-electron chi connectivity index (χ0n) is 16.7. The molecule has 2 N–H and O–H groups in total. The molecule has 0 atom stereocenters. The van der Waals surface area contributed by atoms with E-state index in [1.807, 2.05) is 38.1 Å². The van der Waals surface area contributed by atoms with Gasteiger partial charge in [-0.1, -0.05) is 12.1 Å². The molecule has 7 heteroatoms. The standard InChI is InChI=1S/C20H30N4O2S/c1-5-21-20(23-13-19-15(2)24-16(3)27-19)22-11-6-12-26-14-17-7-9-18(25-4)10-8-17/h7-10H,5-6,11-14H2,1-4H3,(H2,21,22,23). The normalized spacial score (nSPS) is 11.5. The summed E-state index contributed by atoms with van der Waals surface area (Å²) in [5.41, 5.74) is 2.22. The number of guanidine groups is 1. The van der Waals surface area contributed by atoms with Crippen LogP contribution in [0.1, 0.15) is 34.5 Å². The molecule has 0 unspecified atom stereocenters. The molecule has 0 saturated carbocycles. The number of thiazole rings is 1. The van der Waals surface area contributed by atoms with E-state index in [2.05, 4.69) is 27.5 Å². The van der Waals surface area contributed by atoms with Crippen LogP contribution in [0.25, 0.3) is 0 Å². The van der Waals surface area contributed by atoms with Crippen LogP contribution in [0, 0.1) is 13.8 Å². The molecule has 0 aliphatic rings. The molecule has 1 heterocycles. The minimum absolute atomic E-state index is 0.613. The van der Waals surface area contributed by atoms with Crippen LogP contribution in [-0.4, -0.2) is 37.7 Å². The summed E-state index contributed by atoms with van der Waals surface area (Å²) in [5, 5.41) is 7.72. The predicted molar refractivity (Wildman–Crippen MR) is 112 cm³/mol. The first-order valence-corrected chi connectivity index (χ1v) is 10.1. The largest absolute Gasteiger partial charge is 0.497 e. The smallest absolute Gasteiger partial charge is 0.191 e. The summed E-state index contributed by atoms with van der Waals surface area (Å²) in [5.74, 6) is 1.69. The molecule has 27 heavy (non-hydrogen) atoms. The van der Waals surface area contributed by atoms with Gasteiger partial charge in [0.1, 0.15) is 5.75 Å². The number of nitrogens with one attached hydrogen (secondary N) is 2. The highest BCUT2D eigenvalue weighted by atomic mass is 32.1. The molecule has 1 aromatic heterocycles. The van der Waals surface area contributed by atoms with Gasteiger partial charge in [-0.15, -0.1) is 11.3 Å². The molecule has 0 saturated heterocycles. The molecule has 0 bridgehead atoms. The van der Waals surface area contributed by atoms with E-state index in [0.717, 1.165) is 47.5 Å². The summed E-state index contributed by atoms with van der Waals surface area (Å²) in [4.78, 5) is 10.3. The van der Waals surface area contributed by atoms with Crippen LogP contribution >= 0.6 is 11.3 Å². The minimum atomic E-state index is 0.613. The van der Waals surface area contributed by atoms with Gasteiger partial charge >= 0.3 is 0 Å². The Morgan fingerprint density at radius 1 is 1.19 bits per heavy atom. The fraction of sp³-hybridized carbons (Fsp3) is 0.500. The number of ether oxygens (including phenoxy) is 2. The van der Waals surface area contributed by atoms with Crippen molar-refractivity contribution in [2.24, 2.45) is 4.99 Å². The Balaban J connectivity index is 1.67. The number of hydrogen-bond acceptors (Lipinski definition) is 5. The molecule has 148 valence electrons. The van der Waals surface area contributed by atoms with E-state index in [1.165, 1.54) is 4.88 Å². The molecule has 0 fully saturated rings. The van der Waals surface area contributed by atoms with Gasteiger partial charge in [0, 0.05) is 24.6 Å². The molecule has 0 spiro atoms. The van der Waals surface area contributed by atoms with Gasteiger partial charge < -0.3 is 20.1 Å². The summed E-state index contributed by atoms with van der Waals surface area (Å²) in [6, 6.07) is 7.95. The van der Waals surface area contributed by atoms with Crippen molar-refractivity contribution < 1.29 is 9.47 Å². The molecular formula is C20H30N4O2S. The lowest BCUT2D eigenvalue weighted by Gasteiger charge is -2.11. The fourth-order valence-electron chi connectivity index (χ4n) is 2.51. The van der Waals surface area contributed by atoms with E-state index < -0.39 is 0 Å². The van der Waals surface area contributed by atoms with Gasteiger partial charge in [0.25, 0.3) is 0 Å². The Morgan fingerprint density at radius 2 is 1.96 bits per heavy atom. The second-order valence-corrected chi connectivity index (χ2v) is 7.41. The third-order valence-electron chi connectivity index (χ3n) is 3.91. The first-order chi connectivity index (χ1) is 13.1. The number of benzene rings is 1. The lowest BCUT2D eigenvalue weighted by atomic mass is 10.2. The van der Waals surface area contributed by atoms with Crippen molar-refractivity contribution in [1.29, 1.82) is 0 Å². The van der Waals surface area contributed by atoms with E-state index >= 15 is 0 Å². The molecule has 6 nitrogen and oxygen atoms in total. The summed E-state index contributed by atoms with van der Waals surface area (Å²) in [6.45, 7) is 9.75. The maximum Gasteiger partial charge on any atom is 0.191 e. The molecule has 0 aliphatic carbocycles. The lowest BCUT2D eigenvalue weighted by molar-refractivity contribution is 0.119. The van der Waals surface area contributed by atoms with Gasteiger partial charge in [0.2, 0.25) is 0 Å². The Hall–Kier alpha value is -2.12. The summed E-state index contributed by atoms with van der Waals surface area (Å²) in [7, 11) is 1.67. The van der Waals surface area contributed by atoms with Crippen molar-refractivity contribution in [3.05, 3.63) is 45.4 Å². The first kappa shape index (κ1) is 21.2. The Kier molecular flexibility index (Phi) is 9.07. The van der Waals surface area contributed by atoms with E-state index in [1.54, 1.807) is 18.4 Å². The van der Waals surface area contributed by atoms with Gasteiger partial charge in [-0.25, -0.2) is 9.98 Å². The molecule has 0 amide bonds. The average Bonchev–Trinajstić information content (AvgIpc) is 3.00. The number of nitrogens with zero attached hydrogens (tertiary/aromatic N) is 2. The number of aliphatic imine (C=N–C) groups is 1. The van der Waals surface area contributed by atoms with Crippen LogP contribution in [0.5, 0.6) is 5.75 Å². The highest BCUT2D eigenvalue weighted by Crippen LogP contribution is 2.17. The predicted octanol–water partition coefficient (Wildman–Crippen LogP) is 3.43. The van der Waals surface area contributed by atoms with Crippen molar-refractivity contribution in [2.45, 2.75) is 40.3 Å². The van der Waals surface area contributed by atoms with Crippen LogP contribution in [0.4, 0.5) is 0 Å².